The Kier molecular flexibility index (Phi) is 3.48. The predicted octanol–water partition coefficient (Wildman–Crippen LogP) is 0.545. The molecule has 0 saturated carbocycles. The lowest BCUT2D eigenvalue weighted by molar-refractivity contribution is 0.0983. The quantitative estimate of drug-likeness (QED) is 0.736. The summed E-state index contributed by atoms with van der Waals surface area (Å²) < 4.78 is 5.21. The van der Waals surface area contributed by atoms with E-state index in [1.54, 1.807) is 31.2 Å². The molecule has 0 aromatic heterocycles. The molecule has 1 atom stereocenters. The highest BCUT2D eigenvalue weighted by Crippen LogP contribution is 2.17. The number of amides is 1. The second-order valence-electron chi connectivity index (χ2n) is 3.02. The Morgan fingerprint density at radius 1 is 1.57 bits per heavy atom. The summed E-state index contributed by atoms with van der Waals surface area (Å²) in [5.74, 6) is -0.132. The summed E-state index contributed by atoms with van der Waals surface area (Å²) in [6.45, 7) is 1.75. The first-order valence-corrected chi connectivity index (χ1v) is 4.31. The molecule has 76 valence electrons. The molecular weight excluding hydrogens is 182 g/mol. The van der Waals surface area contributed by atoms with Crippen molar-refractivity contribution in [3.63, 3.8) is 0 Å². The Hall–Kier alpha value is -1.55. The van der Waals surface area contributed by atoms with E-state index >= 15 is 0 Å². The second kappa shape index (κ2) is 4.62. The number of hydrogen-bond donors (Lipinski definition) is 2. The van der Waals surface area contributed by atoms with Crippen molar-refractivity contribution in [2.24, 2.45) is 5.73 Å². The van der Waals surface area contributed by atoms with Crippen molar-refractivity contribution >= 4 is 5.91 Å². The third-order valence-electron chi connectivity index (χ3n) is 1.63. The largest absolute Gasteiger partial charge is 0.490 e. The SMILES string of the molecule is CC(O)COc1ccccc1C(N)=O. The number of rotatable bonds is 4. The number of carbonyl (C=O) groups excluding carboxylic acids is 1. The number of para-hydroxylation sites is 1. The van der Waals surface area contributed by atoms with Crippen molar-refractivity contribution in [1.29, 1.82) is 0 Å². The molecule has 1 amide bonds. The van der Waals surface area contributed by atoms with Crippen molar-refractivity contribution in [3.05, 3.63) is 29.8 Å². The fourth-order valence-electron chi connectivity index (χ4n) is 1.01. The molecule has 0 aliphatic carbocycles. The molecule has 0 aliphatic rings. The minimum Gasteiger partial charge on any atom is -0.490 e. The van der Waals surface area contributed by atoms with Crippen LogP contribution in [0.1, 0.15) is 17.3 Å². The lowest BCUT2D eigenvalue weighted by Crippen LogP contribution is -2.17. The third-order valence-corrected chi connectivity index (χ3v) is 1.63. The van der Waals surface area contributed by atoms with Crippen molar-refractivity contribution in [2.45, 2.75) is 13.0 Å². The van der Waals surface area contributed by atoms with E-state index < -0.39 is 12.0 Å². The summed E-state index contributed by atoms with van der Waals surface area (Å²) in [7, 11) is 0. The molecule has 0 bridgehead atoms. The van der Waals surface area contributed by atoms with Gasteiger partial charge in [-0.2, -0.15) is 0 Å². The van der Waals surface area contributed by atoms with E-state index in [2.05, 4.69) is 0 Å². The van der Waals surface area contributed by atoms with Crippen LogP contribution in [-0.2, 0) is 0 Å². The molecule has 4 heteroatoms. The number of hydrogen-bond acceptors (Lipinski definition) is 3. The molecule has 3 N–H and O–H groups in total. The monoisotopic (exact) mass is 195 g/mol. The average molecular weight is 195 g/mol. The number of aliphatic hydroxyl groups excluding tert-OH is 1. The van der Waals surface area contributed by atoms with Gasteiger partial charge < -0.3 is 15.6 Å². The van der Waals surface area contributed by atoms with Crippen LogP contribution in [0.15, 0.2) is 24.3 Å². The van der Waals surface area contributed by atoms with Crippen LogP contribution in [0.4, 0.5) is 0 Å². The number of ether oxygens (including phenoxy) is 1. The Morgan fingerprint density at radius 2 is 2.21 bits per heavy atom. The summed E-state index contributed by atoms with van der Waals surface area (Å²) in [4.78, 5) is 10.9. The Balaban J connectivity index is 2.79. The lowest BCUT2D eigenvalue weighted by atomic mass is 10.2. The van der Waals surface area contributed by atoms with E-state index in [1.165, 1.54) is 0 Å². The van der Waals surface area contributed by atoms with Crippen LogP contribution in [-0.4, -0.2) is 23.7 Å². The third kappa shape index (κ3) is 2.74. The van der Waals surface area contributed by atoms with Gasteiger partial charge >= 0.3 is 0 Å². The molecule has 4 nitrogen and oxygen atoms in total. The zero-order chi connectivity index (χ0) is 10.6. The predicted molar refractivity (Wildman–Crippen MR) is 52.1 cm³/mol. The van der Waals surface area contributed by atoms with E-state index in [9.17, 15) is 4.79 Å². The van der Waals surface area contributed by atoms with Gasteiger partial charge in [-0.05, 0) is 19.1 Å². The van der Waals surface area contributed by atoms with Gasteiger partial charge in [-0.15, -0.1) is 0 Å². The number of nitrogens with two attached hydrogens (primary N) is 1. The van der Waals surface area contributed by atoms with Crippen molar-refractivity contribution in [1.82, 2.24) is 0 Å². The number of carbonyl (C=O) groups is 1. The first kappa shape index (κ1) is 10.5. The lowest BCUT2D eigenvalue weighted by Gasteiger charge is -2.10. The van der Waals surface area contributed by atoms with Gasteiger partial charge in [0.1, 0.15) is 12.4 Å². The van der Waals surface area contributed by atoms with Crippen molar-refractivity contribution in [2.75, 3.05) is 6.61 Å². The summed E-state index contributed by atoms with van der Waals surface area (Å²) >= 11 is 0. The maximum absolute atomic E-state index is 10.9. The fraction of sp³-hybridized carbons (Fsp3) is 0.300. The zero-order valence-electron chi connectivity index (χ0n) is 7.93. The highest BCUT2D eigenvalue weighted by atomic mass is 16.5. The normalized spacial score (nSPS) is 12.1. The average Bonchev–Trinajstić information content (AvgIpc) is 2.15. The molecule has 0 spiro atoms. The first-order chi connectivity index (χ1) is 6.61. The number of aliphatic hydroxyl groups is 1. The van der Waals surface area contributed by atoms with Gasteiger partial charge in [0.15, 0.2) is 0 Å². The molecular formula is C10H13NO3. The van der Waals surface area contributed by atoms with Gasteiger partial charge in [0.2, 0.25) is 0 Å². The highest BCUT2D eigenvalue weighted by molar-refractivity contribution is 5.95. The van der Waals surface area contributed by atoms with Gasteiger partial charge in [0, 0.05) is 0 Å². The molecule has 14 heavy (non-hydrogen) atoms. The van der Waals surface area contributed by atoms with Crippen LogP contribution in [0.5, 0.6) is 5.75 Å². The summed E-state index contributed by atoms with van der Waals surface area (Å²) in [6.07, 6.45) is -0.573. The van der Waals surface area contributed by atoms with Gasteiger partial charge in [-0.1, -0.05) is 12.1 Å². The summed E-state index contributed by atoms with van der Waals surface area (Å²) in [5, 5.41) is 9.00. The molecule has 0 heterocycles. The van der Waals surface area contributed by atoms with E-state index in [1.807, 2.05) is 0 Å². The Labute approximate surface area is 82.3 Å². The maximum Gasteiger partial charge on any atom is 0.252 e. The zero-order valence-corrected chi connectivity index (χ0v) is 7.93. The van der Waals surface area contributed by atoms with Crippen LogP contribution in [0.2, 0.25) is 0 Å². The Bertz CT molecular complexity index is 323. The first-order valence-electron chi connectivity index (χ1n) is 4.31. The van der Waals surface area contributed by atoms with Gasteiger partial charge in [0.25, 0.3) is 5.91 Å². The Morgan fingerprint density at radius 3 is 2.79 bits per heavy atom. The summed E-state index contributed by atoms with van der Waals surface area (Å²) in [6, 6.07) is 6.67. The molecule has 0 saturated heterocycles. The molecule has 0 radical (unpaired) electrons. The smallest absolute Gasteiger partial charge is 0.252 e. The minimum absolute atomic E-state index is 0.143. The number of benzene rings is 1. The van der Waals surface area contributed by atoms with Gasteiger partial charge in [-0.3, -0.25) is 4.79 Å². The van der Waals surface area contributed by atoms with Crippen LogP contribution in [0.3, 0.4) is 0 Å². The topological polar surface area (TPSA) is 72.6 Å². The molecule has 1 unspecified atom stereocenters. The fourth-order valence-corrected chi connectivity index (χ4v) is 1.01. The van der Waals surface area contributed by atoms with Crippen LogP contribution < -0.4 is 10.5 Å². The van der Waals surface area contributed by atoms with Crippen LogP contribution in [0, 0.1) is 0 Å². The van der Waals surface area contributed by atoms with E-state index in [-0.39, 0.29) is 6.61 Å². The molecule has 1 aromatic rings. The second-order valence-corrected chi connectivity index (χ2v) is 3.02. The molecule has 1 aromatic carbocycles. The number of primary amides is 1. The molecule has 0 fully saturated rings. The van der Waals surface area contributed by atoms with E-state index in [4.69, 9.17) is 15.6 Å². The summed E-state index contributed by atoms with van der Waals surface area (Å²) in [5.41, 5.74) is 5.47. The molecule has 1 rings (SSSR count). The van der Waals surface area contributed by atoms with E-state index in [0.29, 0.717) is 11.3 Å². The van der Waals surface area contributed by atoms with E-state index in [0.717, 1.165) is 0 Å². The maximum atomic E-state index is 10.9. The molecule has 0 aliphatic heterocycles. The van der Waals surface area contributed by atoms with Crippen LogP contribution in [0.25, 0.3) is 0 Å². The minimum atomic E-state index is -0.573. The van der Waals surface area contributed by atoms with Crippen molar-refractivity contribution < 1.29 is 14.6 Å². The standard InChI is InChI=1S/C10H13NO3/c1-7(12)6-14-9-5-3-2-4-8(9)10(11)13/h2-5,7,12H,6H2,1H3,(H2,11,13). The van der Waals surface area contributed by atoms with Gasteiger partial charge in [-0.25, -0.2) is 0 Å². The highest BCUT2D eigenvalue weighted by Gasteiger charge is 2.08. The van der Waals surface area contributed by atoms with Gasteiger partial charge in [0.05, 0.1) is 11.7 Å². The van der Waals surface area contributed by atoms with Crippen molar-refractivity contribution in [3.8, 4) is 5.75 Å². The van der Waals surface area contributed by atoms with Crippen LogP contribution >= 0.6 is 0 Å².